The van der Waals surface area contributed by atoms with Crippen molar-refractivity contribution in [3.63, 3.8) is 0 Å². The van der Waals surface area contributed by atoms with Crippen LogP contribution < -0.4 is 5.56 Å². The Morgan fingerprint density at radius 3 is 2.64 bits per heavy atom. The van der Waals surface area contributed by atoms with Gasteiger partial charge in [0, 0.05) is 16.3 Å². The van der Waals surface area contributed by atoms with Gasteiger partial charge in [0.15, 0.2) is 5.16 Å². The fourth-order valence-corrected chi connectivity index (χ4v) is 5.84. The summed E-state index contributed by atoms with van der Waals surface area (Å²) < 4.78 is 18.4. The van der Waals surface area contributed by atoms with E-state index in [1.807, 2.05) is 28.0 Å². The van der Waals surface area contributed by atoms with Gasteiger partial charge >= 0.3 is 0 Å². The molecule has 5 nitrogen and oxygen atoms in total. The normalized spacial score (nSPS) is 11.8. The van der Waals surface area contributed by atoms with E-state index >= 15 is 0 Å². The van der Waals surface area contributed by atoms with E-state index in [-0.39, 0.29) is 11.4 Å². The van der Waals surface area contributed by atoms with Crippen molar-refractivity contribution in [3.05, 3.63) is 91.8 Å². The lowest BCUT2D eigenvalue weighted by atomic mass is 10.0. The quantitative estimate of drug-likeness (QED) is 0.255. The van der Waals surface area contributed by atoms with E-state index in [0.29, 0.717) is 44.4 Å². The molecular formula is C24H20ClFN4OS2. The maximum absolute atomic E-state index is 14.2. The Morgan fingerprint density at radius 2 is 1.91 bits per heavy atom. The second kappa shape index (κ2) is 8.93. The fraction of sp³-hybridized carbons (Fsp3) is 0.208. The number of benzene rings is 2. The molecule has 0 saturated carbocycles. The molecule has 3 aromatic heterocycles. The summed E-state index contributed by atoms with van der Waals surface area (Å²) in [5.74, 6) is 0.843. The minimum absolute atomic E-state index is 0.0958. The Labute approximate surface area is 202 Å². The fourth-order valence-electron chi connectivity index (χ4n) is 3.73. The maximum Gasteiger partial charge on any atom is 0.273 e. The molecule has 0 bridgehead atoms. The summed E-state index contributed by atoms with van der Waals surface area (Å²) in [6.07, 6.45) is 0. The molecule has 0 N–H and O–H groups in total. The molecule has 0 atom stereocenters. The topological polar surface area (TPSA) is 52.2 Å². The summed E-state index contributed by atoms with van der Waals surface area (Å²) >= 11 is 8.92. The van der Waals surface area contributed by atoms with E-state index in [1.165, 1.54) is 34.7 Å². The van der Waals surface area contributed by atoms with E-state index in [2.05, 4.69) is 36.2 Å². The van der Waals surface area contributed by atoms with Crippen LogP contribution >= 0.6 is 34.7 Å². The first-order chi connectivity index (χ1) is 15.9. The number of fused-ring (bicyclic) bond motifs is 3. The number of halogens is 2. The maximum atomic E-state index is 14.2. The Kier molecular flexibility index (Phi) is 5.99. The Morgan fingerprint density at radius 1 is 1.12 bits per heavy atom. The minimum Gasteiger partial charge on any atom is -0.271 e. The van der Waals surface area contributed by atoms with Gasteiger partial charge in [0.25, 0.3) is 5.56 Å². The molecule has 168 valence electrons. The molecule has 3 heterocycles. The van der Waals surface area contributed by atoms with E-state index in [0.717, 1.165) is 11.1 Å². The van der Waals surface area contributed by atoms with Gasteiger partial charge in [0.2, 0.25) is 5.78 Å². The number of thioether (sulfide) groups is 1. The highest BCUT2D eigenvalue weighted by Gasteiger charge is 2.19. The summed E-state index contributed by atoms with van der Waals surface area (Å²) in [5, 5.41) is 11.5. The Bertz CT molecular complexity index is 1500. The first-order valence-corrected chi connectivity index (χ1v) is 12.7. The zero-order chi connectivity index (χ0) is 23.1. The molecule has 9 heteroatoms. The lowest BCUT2D eigenvalue weighted by Gasteiger charge is -2.11. The van der Waals surface area contributed by atoms with Gasteiger partial charge in [-0.05, 0) is 40.6 Å². The van der Waals surface area contributed by atoms with Crippen LogP contribution in [-0.4, -0.2) is 19.2 Å². The van der Waals surface area contributed by atoms with Crippen molar-refractivity contribution in [1.29, 1.82) is 0 Å². The first-order valence-electron chi connectivity index (χ1n) is 10.4. The second-order valence-electron chi connectivity index (χ2n) is 8.03. The van der Waals surface area contributed by atoms with Crippen LogP contribution in [0, 0.1) is 5.82 Å². The molecule has 33 heavy (non-hydrogen) atoms. The highest BCUT2D eigenvalue weighted by atomic mass is 35.5. The van der Waals surface area contributed by atoms with E-state index in [4.69, 9.17) is 11.6 Å². The number of nitrogens with zero attached hydrogens (tertiary/aromatic N) is 4. The van der Waals surface area contributed by atoms with Gasteiger partial charge in [0.05, 0.1) is 12.1 Å². The molecule has 5 rings (SSSR count). The van der Waals surface area contributed by atoms with Crippen molar-refractivity contribution >= 4 is 50.7 Å². The number of hydrogen-bond acceptors (Lipinski definition) is 5. The van der Waals surface area contributed by atoms with Gasteiger partial charge in [0.1, 0.15) is 10.5 Å². The van der Waals surface area contributed by atoms with Gasteiger partial charge in [-0.1, -0.05) is 67.5 Å². The molecule has 2 aromatic carbocycles. The zero-order valence-corrected chi connectivity index (χ0v) is 20.3. The van der Waals surface area contributed by atoms with E-state index in [9.17, 15) is 9.18 Å². The summed E-state index contributed by atoms with van der Waals surface area (Å²) in [5.41, 5.74) is 3.33. The van der Waals surface area contributed by atoms with Crippen LogP contribution in [0.4, 0.5) is 4.39 Å². The monoisotopic (exact) mass is 498 g/mol. The van der Waals surface area contributed by atoms with Gasteiger partial charge in [-0.15, -0.1) is 21.5 Å². The standard InChI is InChI=1S/C24H20ClFN4OS2/c1-14(2)16-8-6-15(7-9-16)12-29-22(31)21-20(10-11-32-21)30-23(29)27-28-24(30)33-13-17-18(25)4-3-5-19(17)26/h3-11,14H,12-13H2,1-2H3. The summed E-state index contributed by atoms with van der Waals surface area (Å²) in [7, 11) is 0. The van der Waals surface area contributed by atoms with Crippen molar-refractivity contribution < 1.29 is 4.39 Å². The van der Waals surface area contributed by atoms with Crippen molar-refractivity contribution in [2.75, 3.05) is 0 Å². The number of rotatable bonds is 6. The number of aromatic nitrogens is 4. The average Bonchev–Trinajstić information content (AvgIpc) is 3.44. The van der Waals surface area contributed by atoms with E-state index < -0.39 is 0 Å². The van der Waals surface area contributed by atoms with Crippen molar-refractivity contribution in [2.24, 2.45) is 0 Å². The zero-order valence-electron chi connectivity index (χ0n) is 18.0. The second-order valence-corrected chi connectivity index (χ2v) is 10.3. The van der Waals surface area contributed by atoms with E-state index in [1.54, 1.807) is 16.7 Å². The smallest absolute Gasteiger partial charge is 0.271 e. The molecule has 5 aromatic rings. The molecule has 0 spiro atoms. The average molecular weight is 499 g/mol. The minimum atomic E-state index is -0.355. The summed E-state index contributed by atoms with van der Waals surface area (Å²) in [4.78, 5) is 13.3. The SMILES string of the molecule is CC(C)c1ccc(Cn2c(=O)c3sccc3n3c(SCc4c(F)cccc4Cl)nnc23)cc1. The molecule has 0 aliphatic carbocycles. The van der Waals surface area contributed by atoms with Crippen LogP contribution in [0.5, 0.6) is 0 Å². The van der Waals surface area contributed by atoms with Gasteiger partial charge < -0.3 is 0 Å². The van der Waals surface area contributed by atoms with Gasteiger partial charge in [-0.3, -0.25) is 13.8 Å². The molecule has 0 unspecified atom stereocenters. The molecular weight excluding hydrogens is 479 g/mol. The molecule has 0 fully saturated rings. The first kappa shape index (κ1) is 22.1. The molecule has 0 aliphatic rings. The summed E-state index contributed by atoms with van der Waals surface area (Å²) in [6.45, 7) is 4.69. The molecule has 0 amide bonds. The summed E-state index contributed by atoms with van der Waals surface area (Å²) in [6, 6.07) is 14.8. The van der Waals surface area contributed by atoms with Crippen LogP contribution in [0.1, 0.15) is 36.5 Å². The molecule has 0 aliphatic heterocycles. The predicted octanol–water partition coefficient (Wildman–Crippen LogP) is 6.36. The molecule has 0 saturated heterocycles. The van der Waals surface area contributed by atoms with Crippen LogP contribution in [-0.2, 0) is 12.3 Å². The predicted molar refractivity (Wildman–Crippen MR) is 133 cm³/mol. The number of hydrogen-bond donors (Lipinski definition) is 0. The third kappa shape index (κ3) is 4.07. The van der Waals surface area contributed by atoms with Crippen LogP contribution in [0.2, 0.25) is 5.02 Å². The Hall–Kier alpha value is -2.68. The van der Waals surface area contributed by atoms with Crippen molar-refractivity contribution in [3.8, 4) is 0 Å². The van der Waals surface area contributed by atoms with Crippen molar-refractivity contribution in [2.45, 2.75) is 37.2 Å². The number of thiophene rings is 1. The largest absolute Gasteiger partial charge is 0.273 e. The third-order valence-corrected chi connectivity index (χ3v) is 7.78. The van der Waals surface area contributed by atoms with Crippen LogP contribution in [0.15, 0.2) is 63.9 Å². The van der Waals surface area contributed by atoms with Crippen LogP contribution in [0.3, 0.4) is 0 Å². The Balaban J connectivity index is 1.57. The highest BCUT2D eigenvalue weighted by molar-refractivity contribution is 7.98. The van der Waals surface area contributed by atoms with Crippen LogP contribution in [0.25, 0.3) is 16.0 Å². The van der Waals surface area contributed by atoms with Gasteiger partial charge in [-0.2, -0.15) is 0 Å². The molecule has 0 radical (unpaired) electrons. The highest BCUT2D eigenvalue weighted by Crippen LogP contribution is 2.30. The van der Waals surface area contributed by atoms with Crippen molar-refractivity contribution in [1.82, 2.24) is 19.2 Å². The third-order valence-electron chi connectivity index (χ3n) is 5.58. The lowest BCUT2D eigenvalue weighted by Crippen LogP contribution is -2.23. The van der Waals surface area contributed by atoms with Gasteiger partial charge in [-0.25, -0.2) is 4.39 Å². The lowest BCUT2D eigenvalue weighted by molar-refractivity contribution is 0.617.